The highest BCUT2D eigenvalue weighted by atomic mass is 16.5. The molecule has 0 saturated heterocycles. The molecule has 0 aliphatic rings. The average Bonchev–Trinajstić information content (AvgIpc) is 2.60. The SMILES string of the molecule is CCCCCC(C)=CCC=C(C)CC=CCCCCCCC(=O)OC. The minimum absolute atomic E-state index is 0.0897. The van der Waals surface area contributed by atoms with Crippen LogP contribution in [0.5, 0.6) is 0 Å². The van der Waals surface area contributed by atoms with Gasteiger partial charge in [0.1, 0.15) is 0 Å². The monoisotopic (exact) mass is 348 g/mol. The van der Waals surface area contributed by atoms with E-state index in [9.17, 15) is 4.79 Å². The van der Waals surface area contributed by atoms with Crippen LogP contribution in [0.15, 0.2) is 35.5 Å². The quantitative estimate of drug-likeness (QED) is 0.176. The Hall–Kier alpha value is -1.31. The van der Waals surface area contributed by atoms with Crippen molar-refractivity contribution < 1.29 is 9.53 Å². The first-order chi connectivity index (χ1) is 12.1. The zero-order valence-electron chi connectivity index (χ0n) is 17.1. The van der Waals surface area contributed by atoms with Crippen molar-refractivity contribution in [3.63, 3.8) is 0 Å². The van der Waals surface area contributed by atoms with Gasteiger partial charge in [0, 0.05) is 6.42 Å². The van der Waals surface area contributed by atoms with E-state index in [1.807, 2.05) is 0 Å². The number of rotatable bonds is 15. The Labute approximate surface area is 156 Å². The van der Waals surface area contributed by atoms with Crippen LogP contribution in [0.25, 0.3) is 0 Å². The second kappa shape index (κ2) is 17.5. The molecule has 0 rings (SSSR count). The van der Waals surface area contributed by atoms with Crippen LogP contribution in [0, 0.1) is 0 Å². The van der Waals surface area contributed by atoms with Crippen molar-refractivity contribution in [3.8, 4) is 0 Å². The van der Waals surface area contributed by atoms with Crippen LogP contribution in [0.1, 0.15) is 97.8 Å². The fourth-order valence-corrected chi connectivity index (χ4v) is 2.67. The largest absolute Gasteiger partial charge is 0.469 e. The number of unbranched alkanes of at least 4 members (excludes halogenated alkanes) is 6. The lowest BCUT2D eigenvalue weighted by atomic mass is 10.1. The first-order valence-corrected chi connectivity index (χ1v) is 10.1. The van der Waals surface area contributed by atoms with Crippen LogP contribution in [0.2, 0.25) is 0 Å². The zero-order valence-corrected chi connectivity index (χ0v) is 17.1. The summed E-state index contributed by atoms with van der Waals surface area (Å²) >= 11 is 0. The molecule has 0 aromatic carbocycles. The molecule has 0 heterocycles. The third kappa shape index (κ3) is 17.3. The predicted molar refractivity (Wildman–Crippen MR) is 110 cm³/mol. The first kappa shape index (κ1) is 23.7. The van der Waals surface area contributed by atoms with E-state index in [0.717, 1.165) is 32.1 Å². The number of ether oxygens (including phenoxy) is 1. The second-order valence-corrected chi connectivity index (χ2v) is 7.00. The fourth-order valence-electron chi connectivity index (χ4n) is 2.67. The van der Waals surface area contributed by atoms with Crippen LogP contribution in [0.4, 0.5) is 0 Å². The molecule has 0 aliphatic heterocycles. The number of carbonyl (C=O) groups excluding carboxylic acids is 1. The van der Waals surface area contributed by atoms with E-state index in [1.54, 1.807) is 0 Å². The van der Waals surface area contributed by atoms with E-state index in [2.05, 4.69) is 49.8 Å². The van der Waals surface area contributed by atoms with Gasteiger partial charge in [0.05, 0.1) is 7.11 Å². The van der Waals surface area contributed by atoms with E-state index in [1.165, 1.54) is 56.8 Å². The Morgan fingerprint density at radius 1 is 0.840 bits per heavy atom. The lowest BCUT2D eigenvalue weighted by Crippen LogP contribution is -1.98. The summed E-state index contributed by atoms with van der Waals surface area (Å²) in [6, 6.07) is 0. The Bertz CT molecular complexity index is 416. The Morgan fingerprint density at radius 2 is 1.52 bits per heavy atom. The first-order valence-electron chi connectivity index (χ1n) is 10.1. The third-order valence-corrected chi connectivity index (χ3v) is 4.44. The van der Waals surface area contributed by atoms with Crippen molar-refractivity contribution in [2.45, 2.75) is 97.8 Å². The molecule has 0 unspecified atom stereocenters. The van der Waals surface area contributed by atoms with Gasteiger partial charge in [-0.2, -0.15) is 0 Å². The molecule has 0 aromatic rings. The number of allylic oxidation sites excluding steroid dienone is 6. The zero-order chi connectivity index (χ0) is 18.8. The van der Waals surface area contributed by atoms with Gasteiger partial charge < -0.3 is 4.74 Å². The van der Waals surface area contributed by atoms with Gasteiger partial charge in [0.2, 0.25) is 0 Å². The van der Waals surface area contributed by atoms with Gasteiger partial charge in [-0.15, -0.1) is 0 Å². The maximum Gasteiger partial charge on any atom is 0.305 e. The highest BCUT2D eigenvalue weighted by Crippen LogP contribution is 2.11. The van der Waals surface area contributed by atoms with Gasteiger partial charge in [-0.3, -0.25) is 4.79 Å². The van der Waals surface area contributed by atoms with Crippen LogP contribution >= 0.6 is 0 Å². The molecule has 0 N–H and O–H groups in total. The van der Waals surface area contributed by atoms with Crippen molar-refractivity contribution in [1.29, 1.82) is 0 Å². The molecule has 25 heavy (non-hydrogen) atoms. The van der Waals surface area contributed by atoms with E-state index in [4.69, 9.17) is 0 Å². The highest BCUT2D eigenvalue weighted by Gasteiger charge is 1.98. The molecule has 0 atom stereocenters. The van der Waals surface area contributed by atoms with Gasteiger partial charge in [-0.25, -0.2) is 0 Å². The van der Waals surface area contributed by atoms with Gasteiger partial charge in [-0.1, -0.05) is 68.1 Å². The number of methoxy groups -OCH3 is 1. The molecule has 0 saturated carbocycles. The van der Waals surface area contributed by atoms with Gasteiger partial charge in [-0.05, 0) is 58.8 Å². The molecule has 2 heteroatoms. The minimum Gasteiger partial charge on any atom is -0.469 e. The van der Waals surface area contributed by atoms with Crippen molar-refractivity contribution >= 4 is 5.97 Å². The van der Waals surface area contributed by atoms with E-state index >= 15 is 0 Å². The molecule has 0 bridgehead atoms. The number of carbonyl (C=O) groups is 1. The lowest BCUT2D eigenvalue weighted by molar-refractivity contribution is -0.140. The van der Waals surface area contributed by atoms with Crippen molar-refractivity contribution in [2.24, 2.45) is 0 Å². The summed E-state index contributed by atoms with van der Waals surface area (Å²) in [5.41, 5.74) is 2.98. The molecule has 0 fully saturated rings. The third-order valence-electron chi connectivity index (χ3n) is 4.44. The number of hydrogen-bond acceptors (Lipinski definition) is 2. The fraction of sp³-hybridized carbons (Fsp3) is 0.696. The van der Waals surface area contributed by atoms with E-state index in [-0.39, 0.29) is 5.97 Å². The van der Waals surface area contributed by atoms with Gasteiger partial charge in [0.25, 0.3) is 0 Å². The maximum atomic E-state index is 11.0. The summed E-state index contributed by atoms with van der Waals surface area (Å²) < 4.78 is 4.64. The summed E-state index contributed by atoms with van der Waals surface area (Å²) in [7, 11) is 1.45. The number of hydrogen-bond donors (Lipinski definition) is 0. The number of esters is 1. The summed E-state index contributed by atoms with van der Waals surface area (Å²) in [6.45, 7) is 6.73. The molecule has 0 radical (unpaired) electrons. The summed E-state index contributed by atoms with van der Waals surface area (Å²) in [4.78, 5) is 11.0. The van der Waals surface area contributed by atoms with Crippen LogP contribution in [0.3, 0.4) is 0 Å². The summed E-state index contributed by atoms with van der Waals surface area (Å²) in [5, 5.41) is 0. The van der Waals surface area contributed by atoms with Gasteiger partial charge >= 0.3 is 5.97 Å². The molecule has 0 aliphatic carbocycles. The normalized spacial score (nSPS) is 12.8. The highest BCUT2D eigenvalue weighted by molar-refractivity contribution is 5.68. The van der Waals surface area contributed by atoms with Crippen LogP contribution in [-0.4, -0.2) is 13.1 Å². The van der Waals surface area contributed by atoms with Crippen molar-refractivity contribution in [1.82, 2.24) is 0 Å². The van der Waals surface area contributed by atoms with Crippen molar-refractivity contribution in [3.05, 3.63) is 35.5 Å². The average molecular weight is 349 g/mol. The molecule has 0 aromatic heterocycles. The molecular weight excluding hydrogens is 308 g/mol. The van der Waals surface area contributed by atoms with Crippen molar-refractivity contribution in [2.75, 3.05) is 7.11 Å². The molecular formula is C23H40O2. The smallest absolute Gasteiger partial charge is 0.305 e. The molecule has 0 amide bonds. The minimum atomic E-state index is -0.0897. The Kier molecular flexibility index (Phi) is 16.6. The summed E-state index contributed by atoms with van der Waals surface area (Å²) in [6.07, 6.45) is 22.8. The topological polar surface area (TPSA) is 26.3 Å². The maximum absolute atomic E-state index is 11.0. The Balaban J connectivity index is 3.66. The predicted octanol–water partition coefficient (Wildman–Crippen LogP) is 7.31. The Morgan fingerprint density at radius 3 is 2.24 bits per heavy atom. The molecule has 0 spiro atoms. The summed E-state index contributed by atoms with van der Waals surface area (Å²) in [5.74, 6) is -0.0897. The second-order valence-electron chi connectivity index (χ2n) is 7.00. The standard InChI is InChI=1S/C23H40O2/c1-5-6-12-16-21(2)18-15-19-22(3)17-13-10-8-7-9-11-14-20-23(24)25-4/h10,13,18-19H,5-9,11-12,14-17,20H2,1-4H3. The van der Waals surface area contributed by atoms with Crippen LogP contribution in [-0.2, 0) is 9.53 Å². The van der Waals surface area contributed by atoms with Crippen LogP contribution < -0.4 is 0 Å². The molecule has 144 valence electrons. The van der Waals surface area contributed by atoms with Gasteiger partial charge in [0.15, 0.2) is 0 Å². The molecule has 2 nitrogen and oxygen atoms in total. The lowest BCUT2D eigenvalue weighted by Gasteiger charge is -2.00. The van der Waals surface area contributed by atoms with E-state index < -0.39 is 0 Å². The van der Waals surface area contributed by atoms with E-state index in [0.29, 0.717) is 6.42 Å².